The van der Waals surface area contributed by atoms with E-state index in [4.69, 9.17) is 5.73 Å². The third kappa shape index (κ3) is 4.70. The van der Waals surface area contributed by atoms with Crippen LogP contribution in [0.15, 0.2) is 24.5 Å². The van der Waals surface area contributed by atoms with Crippen molar-refractivity contribution >= 4 is 11.6 Å². The molecule has 2 fully saturated rings. The largest absolute Gasteiger partial charge is 0.368 e. The lowest BCUT2D eigenvalue weighted by Gasteiger charge is -2.38. The van der Waals surface area contributed by atoms with E-state index in [1.54, 1.807) is 0 Å². The molecule has 0 spiro atoms. The lowest BCUT2D eigenvalue weighted by molar-refractivity contribution is -0.133. The average molecular weight is 345 g/mol. The first-order chi connectivity index (χ1) is 12.2. The Balaban J connectivity index is 1.44. The van der Waals surface area contributed by atoms with Gasteiger partial charge < -0.3 is 20.4 Å². The molecule has 25 heavy (non-hydrogen) atoms. The van der Waals surface area contributed by atoms with Crippen LogP contribution in [0.5, 0.6) is 0 Å². The van der Waals surface area contributed by atoms with Crippen LogP contribution in [-0.4, -0.2) is 72.5 Å². The predicted molar refractivity (Wildman–Crippen MR) is 100 cm³/mol. The van der Waals surface area contributed by atoms with Crippen LogP contribution in [0.1, 0.15) is 26.2 Å². The summed E-state index contributed by atoms with van der Waals surface area (Å²) in [5.74, 6) is 0.729. The van der Waals surface area contributed by atoms with Gasteiger partial charge in [-0.15, -0.1) is 0 Å². The molecule has 2 N–H and O–H groups in total. The second kappa shape index (κ2) is 8.63. The summed E-state index contributed by atoms with van der Waals surface area (Å²) in [6.07, 6.45) is 6.80. The molecule has 0 saturated carbocycles. The molecule has 3 rings (SSSR count). The molecule has 1 amide bonds. The zero-order valence-corrected chi connectivity index (χ0v) is 15.3. The van der Waals surface area contributed by atoms with Crippen molar-refractivity contribution in [2.24, 2.45) is 11.7 Å². The molecule has 6 nitrogen and oxygen atoms in total. The van der Waals surface area contributed by atoms with Crippen LogP contribution in [-0.2, 0) is 4.79 Å². The number of piperazine rings is 1. The number of nitrogens with zero attached hydrogens (tertiary/aromatic N) is 4. The average Bonchev–Trinajstić information content (AvgIpc) is 2.69. The minimum absolute atomic E-state index is 0.132. The molecular formula is C19H31N5O. The van der Waals surface area contributed by atoms with Gasteiger partial charge in [-0.25, -0.2) is 0 Å². The van der Waals surface area contributed by atoms with Crippen molar-refractivity contribution in [3.8, 4) is 0 Å². The zero-order valence-electron chi connectivity index (χ0n) is 15.3. The summed E-state index contributed by atoms with van der Waals surface area (Å²) in [5, 5.41) is 0. The van der Waals surface area contributed by atoms with Crippen LogP contribution in [0, 0.1) is 5.92 Å². The number of hydrogen-bond acceptors (Lipinski definition) is 5. The molecule has 0 radical (unpaired) electrons. The van der Waals surface area contributed by atoms with E-state index in [-0.39, 0.29) is 11.9 Å². The topological polar surface area (TPSA) is 65.7 Å². The summed E-state index contributed by atoms with van der Waals surface area (Å²) in [4.78, 5) is 23.5. The van der Waals surface area contributed by atoms with E-state index in [0.717, 1.165) is 52.2 Å². The van der Waals surface area contributed by atoms with Gasteiger partial charge in [0.05, 0.1) is 6.04 Å². The highest BCUT2D eigenvalue weighted by Crippen LogP contribution is 2.22. The molecule has 0 aliphatic carbocycles. The maximum absolute atomic E-state index is 12.7. The molecule has 0 aromatic carbocycles. The highest BCUT2D eigenvalue weighted by molar-refractivity contribution is 5.82. The molecule has 1 atom stereocenters. The van der Waals surface area contributed by atoms with E-state index in [0.29, 0.717) is 5.92 Å². The van der Waals surface area contributed by atoms with Gasteiger partial charge in [0.2, 0.25) is 5.91 Å². The number of aromatic nitrogens is 1. The Hall–Kier alpha value is -1.66. The van der Waals surface area contributed by atoms with Gasteiger partial charge in [-0.05, 0) is 56.9 Å². The number of carbonyl (C=O) groups excluding carboxylic acids is 1. The van der Waals surface area contributed by atoms with Crippen molar-refractivity contribution in [3.05, 3.63) is 24.5 Å². The van der Waals surface area contributed by atoms with Gasteiger partial charge in [0.15, 0.2) is 0 Å². The Morgan fingerprint density at radius 2 is 1.80 bits per heavy atom. The summed E-state index contributed by atoms with van der Waals surface area (Å²) in [6.45, 7) is 8.85. The van der Waals surface area contributed by atoms with Gasteiger partial charge in [-0.2, -0.15) is 0 Å². The molecule has 1 aromatic rings. The van der Waals surface area contributed by atoms with Crippen LogP contribution in [0.2, 0.25) is 0 Å². The number of carbonyl (C=O) groups is 1. The lowest BCUT2D eigenvalue weighted by atomic mass is 9.90. The normalized spacial score (nSPS) is 21.4. The highest BCUT2D eigenvalue weighted by Gasteiger charge is 2.28. The molecule has 2 aliphatic heterocycles. The summed E-state index contributed by atoms with van der Waals surface area (Å²) >= 11 is 0. The smallest absolute Gasteiger partial charge is 0.239 e. The highest BCUT2D eigenvalue weighted by atomic mass is 16.2. The fraction of sp³-hybridized carbons (Fsp3) is 0.684. The molecule has 0 bridgehead atoms. The van der Waals surface area contributed by atoms with Crippen molar-refractivity contribution in [2.45, 2.75) is 32.2 Å². The second-order valence-electron chi connectivity index (χ2n) is 7.24. The molecule has 2 saturated heterocycles. The Labute approximate surface area is 151 Å². The Kier molecular flexibility index (Phi) is 6.26. The van der Waals surface area contributed by atoms with Gasteiger partial charge in [0, 0.05) is 44.3 Å². The predicted octanol–water partition coefficient (Wildman–Crippen LogP) is 1.18. The zero-order chi connectivity index (χ0) is 17.6. The number of amides is 1. The van der Waals surface area contributed by atoms with Gasteiger partial charge in [0.1, 0.15) is 0 Å². The Bertz CT molecular complexity index is 536. The maximum atomic E-state index is 12.7. The quantitative estimate of drug-likeness (QED) is 0.868. The van der Waals surface area contributed by atoms with Crippen molar-refractivity contribution in [2.75, 3.05) is 50.7 Å². The monoisotopic (exact) mass is 345 g/mol. The Morgan fingerprint density at radius 3 is 2.40 bits per heavy atom. The van der Waals surface area contributed by atoms with Crippen LogP contribution < -0.4 is 10.6 Å². The fourth-order valence-corrected chi connectivity index (χ4v) is 3.97. The Morgan fingerprint density at radius 1 is 1.16 bits per heavy atom. The van der Waals surface area contributed by atoms with Crippen LogP contribution >= 0.6 is 0 Å². The van der Waals surface area contributed by atoms with Crippen molar-refractivity contribution < 1.29 is 4.79 Å². The molecule has 1 aromatic heterocycles. The van der Waals surface area contributed by atoms with Gasteiger partial charge in [-0.1, -0.05) is 6.92 Å². The lowest BCUT2D eigenvalue weighted by Crippen LogP contribution is -2.53. The van der Waals surface area contributed by atoms with Gasteiger partial charge >= 0.3 is 0 Å². The summed E-state index contributed by atoms with van der Waals surface area (Å²) in [5.41, 5.74) is 7.44. The number of likely N-dealkylation sites (tertiary alicyclic amines) is 1. The minimum atomic E-state index is -0.342. The summed E-state index contributed by atoms with van der Waals surface area (Å²) < 4.78 is 0. The summed E-state index contributed by atoms with van der Waals surface area (Å²) in [6, 6.07) is 3.70. The van der Waals surface area contributed by atoms with E-state index in [9.17, 15) is 4.79 Å². The number of anilines is 1. The van der Waals surface area contributed by atoms with E-state index < -0.39 is 0 Å². The SMILES string of the molecule is CCN1CCC(C[C@H](N)C(=O)N2CCN(c3ccncc3)CC2)CC1. The fourth-order valence-electron chi connectivity index (χ4n) is 3.97. The van der Waals surface area contributed by atoms with E-state index >= 15 is 0 Å². The van der Waals surface area contributed by atoms with E-state index in [1.165, 1.54) is 18.5 Å². The van der Waals surface area contributed by atoms with Crippen LogP contribution in [0.4, 0.5) is 5.69 Å². The standard InChI is InChI=1S/C19H31N5O/c1-2-22-9-5-16(6-10-22)15-18(20)19(25)24-13-11-23(12-14-24)17-3-7-21-8-4-17/h3-4,7-8,16,18H,2,5-6,9-15,20H2,1H3/t18-/m0/s1. The van der Waals surface area contributed by atoms with E-state index in [1.807, 2.05) is 29.4 Å². The second-order valence-corrected chi connectivity index (χ2v) is 7.24. The van der Waals surface area contributed by atoms with Crippen LogP contribution in [0.25, 0.3) is 0 Å². The maximum Gasteiger partial charge on any atom is 0.239 e. The first kappa shape index (κ1) is 18.1. The van der Waals surface area contributed by atoms with Gasteiger partial charge in [-0.3, -0.25) is 9.78 Å². The number of rotatable bonds is 5. The molecule has 138 valence electrons. The van der Waals surface area contributed by atoms with Crippen molar-refractivity contribution in [1.29, 1.82) is 0 Å². The number of nitrogens with two attached hydrogens (primary N) is 1. The number of pyridine rings is 1. The molecule has 0 unspecified atom stereocenters. The first-order valence-electron chi connectivity index (χ1n) is 9.59. The molecular weight excluding hydrogens is 314 g/mol. The van der Waals surface area contributed by atoms with Crippen molar-refractivity contribution in [3.63, 3.8) is 0 Å². The summed E-state index contributed by atoms with van der Waals surface area (Å²) in [7, 11) is 0. The van der Waals surface area contributed by atoms with E-state index in [2.05, 4.69) is 21.7 Å². The van der Waals surface area contributed by atoms with Crippen molar-refractivity contribution in [1.82, 2.24) is 14.8 Å². The third-order valence-corrected chi connectivity index (χ3v) is 5.68. The molecule has 6 heteroatoms. The first-order valence-corrected chi connectivity index (χ1v) is 9.59. The number of piperidine rings is 1. The third-order valence-electron chi connectivity index (χ3n) is 5.68. The molecule has 2 aliphatic rings. The number of hydrogen-bond donors (Lipinski definition) is 1. The minimum Gasteiger partial charge on any atom is -0.368 e. The molecule has 3 heterocycles. The van der Waals surface area contributed by atoms with Crippen LogP contribution in [0.3, 0.4) is 0 Å². The van der Waals surface area contributed by atoms with Gasteiger partial charge in [0.25, 0.3) is 0 Å².